The number of carboxylic acids is 1. The van der Waals surface area contributed by atoms with Crippen LogP contribution in [0.2, 0.25) is 0 Å². The molecule has 9 atom stereocenters. The monoisotopic (exact) mass is 1190 g/mol. The molecule has 1 aromatic heterocycles. The molecule has 2 aliphatic heterocycles. The number of aliphatic carboxylic acids is 1. The summed E-state index contributed by atoms with van der Waals surface area (Å²) in [6.07, 6.45) is 1.19. The second-order valence-electron chi connectivity index (χ2n) is 19.6. The lowest BCUT2D eigenvalue weighted by atomic mass is 10.0. The molecule has 0 spiro atoms. The predicted molar refractivity (Wildman–Crippen MR) is 296 cm³/mol. The largest absolute Gasteiger partial charge is 0.480 e. The Morgan fingerprint density at radius 1 is 0.560 bits per heavy atom. The summed E-state index contributed by atoms with van der Waals surface area (Å²) in [5.41, 5.74) is 49.4. The molecular formula is C47H79N23O14. The highest BCUT2D eigenvalue weighted by Crippen LogP contribution is 2.21. The van der Waals surface area contributed by atoms with Crippen molar-refractivity contribution >= 4 is 88.8 Å². The van der Waals surface area contributed by atoms with Crippen molar-refractivity contribution in [1.29, 1.82) is 0 Å². The summed E-state index contributed by atoms with van der Waals surface area (Å²) < 4.78 is 0. The molecule has 28 N–H and O–H groups in total. The van der Waals surface area contributed by atoms with Gasteiger partial charge in [0, 0.05) is 51.0 Å². The van der Waals surface area contributed by atoms with Gasteiger partial charge in [0.2, 0.25) is 65.0 Å². The van der Waals surface area contributed by atoms with Crippen LogP contribution in [0.1, 0.15) is 82.7 Å². The number of amides is 11. The summed E-state index contributed by atoms with van der Waals surface area (Å²) >= 11 is 0. The quantitative estimate of drug-likeness (QED) is 0.0169. The van der Waals surface area contributed by atoms with E-state index in [4.69, 9.17) is 51.6 Å². The van der Waals surface area contributed by atoms with Gasteiger partial charge in [-0.05, 0) is 64.2 Å². The van der Waals surface area contributed by atoms with Gasteiger partial charge < -0.3 is 114 Å². The number of rotatable bonds is 36. The molecule has 0 radical (unpaired) electrons. The number of aliphatic imine (C=N–C) groups is 3. The summed E-state index contributed by atoms with van der Waals surface area (Å²) in [6, 6.07) is -14.0. The Kier molecular flexibility index (Phi) is 28.5. The molecule has 11 amide bonds. The van der Waals surface area contributed by atoms with Gasteiger partial charge in [-0.25, -0.2) is 9.78 Å². The lowest BCUT2D eigenvalue weighted by molar-refractivity contribution is -0.149. The fourth-order valence-electron chi connectivity index (χ4n) is 8.99. The van der Waals surface area contributed by atoms with E-state index in [0.717, 1.165) is 4.90 Å². The molecule has 3 heterocycles. The smallest absolute Gasteiger partial charge is 0.326 e. The van der Waals surface area contributed by atoms with Gasteiger partial charge in [-0.1, -0.05) is 0 Å². The molecule has 0 aromatic carbocycles. The van der Waals surface area contributed by atoms with Crippen molar-refractivity contribution in [1.82, 2.24) is 57.0 Å². The third-order valence-corrected chi connectivity index (χ3v) is 13.1. The zero-order valence-electron chi connectivity index (χ0n) is 46.2. The normalized spacial score (nSPS) is 17.0. The number of guanidine groups is 3. The second kappa shape index (κ2) is 34.8. The number of aromatic nitrogens is 2. The van der Waals surface area contributed by atoms with Crippen molar-refractivity contribution < 1.29 is 67.7 Å². The lowest BCUT2D eigenvalue weighted by Gasteiger charge is -2.29. The van der Waals surface area contributed by atoms with Crippen molar-refractivity contribution in [2.45, 2.75) is 138 Å². The minimum absolute atomic E-state index is 0.00616. The Balaban J connectivity index is 1.91. The number of carbonyl (C=O) groups is 12. The maximum atomic E-state index is 14.3. The van der Waals surface area contributed by atoms with Crippen LogP contribution in [0.5, 0.6) is 0 Å². The fourth-order valence-corrected chi connectivity index (χ4v) is 8.99. The number of nitrogens with one attached hydrogen (secondary N) is 8. The highest BCUT2D eigenvalue weighted by atomic mass is 16.4. The van der Waals surface area contributed by atoms with Crippen LogP contribution in [0.15, 0.2) is 27.5 Å². The molecule has 3 rings (SSSR count). The van der Waals surface area contributed by atoms with Gasteiger partial charge >= 0.3 is 5.97 Å². The van der Waals surface area contributed by atoms with Gasteiger partial charge in [0.25, 0.3) is 0 Å². The van der Waals surface area contributed by atoms with E-state index in [2.05, 4.69) is 62.2 Å². The number of nitrogens with two attached hydrogens (primary N) is 9. The summed E-state index contributed by atoms with van der Waals surface area (Å²) in [5.74, 6) is -13.3. The maximum Gasteiger partial charge on any atom is 0.326 e. The lowest BCUT2D eigenvalue weighted by Crippen LogP contribution is -2.61. The van der Waals surface area contributed by atoms with Crippen molar-refractivity contribution in [3.8, 4) is 0 Å². The van der Waals surface area contributed by atoms with Gasteiger partial charge in [0.15, 0.2) is 17.9 Å². The van der Waals surface area contributed by atoms with E-state index in [0.29, 0.717) is 12.8 Å². The van der Waals surface area contributed by atoms with Crippen LogP contribution in [0.25, 0.3) is 0 Å². The number of primary amides is 2. The molecule has 466 valence electrons. The Morgan fingerprint density at radius 3 is 1.42 bits per heavy atom. The summed E-state index contributed by atoms with van der Waals surface area (Å²) in [4.78, 5) is 182. The van der Waals surface area contributed by atoms with E-state index in [9.17, 15) is 67.7 Å². The first-order chi connectivity index (χ1) is 39.8. The number of aliphatic hydroxyl groups is 1. The highest BCUT2D eigenvalue weighted by Gasteiger charge is 2.40. The zero-order chi connectivity index (χ0) is 62.6. The first-order valence-corrected chi connectivity index (χ1v) is 26.7. The number of hydrogen-bond acceptors (Lipinski definition) is 18. The van der Waals surface area contributed by atoms with Gasteiger partial charge in [0.05, 0.1) is 32.3 Å². The minimum Gasteiger partial charge on any atom is -0.480 e. The van der Waals surface area contributed by atoms with Gasteiger partial charge in [-0.3, -0.25) is 67.7 Å². The standard InChI is InChI=1S/C47H79N23O14/c48-19-35(74)69-14-4-9-31(69)42(81)63-25(7-2-12-59-46(53)54)37(76)68-30(21-71)41(80)67-29(18-34(50)73)40(79)65-27(16-23-20-57-22-61-23)38(77)66-28(17-33(49)72)39(78)62-24(6-1-11-58-45(51)52)36(75)64-26(8-3-13-60-47(55)56)43(82)70-15-5-10-32(70)44(83)84/h20,22,24-32,71H,1-19,21,48H2,(H2,49,72)(H2,50,73)(H,57,61)(H,62,78)(H,63,81)(H,64,75)(H,65,79)(H,66,77)(H,67,80)(H,68,76)(H,83,84)(H4,51,52,58)(H4,53,54,59)(H4,55,56,60)/t24-,25-,26-,27-,28-,29-,30-,31-,32-/m0/s1. The molecule has 84 heavy (non-hydrogen) atoms. The van der Waals surface area contributed by atoms with Crippen molar-refractivity contribution in [3.63, 3.8) is 0 Å². The van der Waals surface area contributed by atoms with Crippen LogP contribution in [0, 0.1) is 0 Å². The van der Waals surface area contributed by atoms with Crippen LogP contribution in [-0.4, -0.2) is 219 Å². The summed E-state index contributed by atoms with van der Waals surface area (Å²) in [7, 11) is 0. The number of H-pyrrole nitrogens is 1. The summed E-state index contributed by atoms with van der Waals surface area (Å²) in [5, 5.41) is 36.9. The number of likely N-dealkylation sites (tertiary alicyclic amines) is 2. The van der Waals surface area contributed by atoms with Gasteiger partial charge in [-0.2, -0.15) is 0 Å². The SMILES string of the molecule is NCC(=O)N1CCC[C@H]1C(=O)N[C@@H](CCCN=C(N)N)C(=O)N[C@@H](CO)C(=O)N[C@@H](CC(N)=O)C(=O)N[C@@H](Cc1cnc[nH]1)C(=O)N[C@@H](CC(N)=O)C(=O)N[C@@H](CCCN=C(N)N)C(=O)N[C@@H](CCCN=C(N)N)C(=O)N1CCC[C@H]1C(=O)O. The van der Waals surface area contributed by atoms with Crippen molar-refractivity contribution in [3.05, 3.63) is 18.2 Å². The third-order valence-electron chi connectivity index (χ3n) is 13.1. The molecule has 37 heteroatoms. The number of aliphatic hydroxyl groups excluding tert-OH is 1. The zero-order valence-corrected chi connectivity index (χ0v) is 46.2. The Bertz CT molecular complexity index is 2570. The Morgan fingerprint density at radius 2 is 0.964 bits per heavy atom. The number of carboxylic acid groups (broad SMARTS) is 1. The van der Waals surface area contributed by atoms with Crippen molar-refractivity contribution in [2.24, 2.45) is 66.6 Å². The molecule has 2 fully saturated rings. The molecule has 0 aliphatic carbocycles. The van der Waals surface area contributed by atoms with Gasteiger partial charge in [-0.15, -0.1) is 0 Å². The molecule has 2 aliphatic rings. The molecule has 2 saturated heterocycles. The average Bonchev–Trinajstić information content (AvgIpc) is 4.42. The van der Waals surface area contributed by atoms with Crippen LogP contribution in [0.3, 0.4) is 0 Å². The first kappa shape index (κ1) is 68.9. The molecule has 37 nitrogen and oxygen atoms in total. The van der Waals surface area contributed by atoms with E-state index < -0.39 is 151 Å². The Labute approximate surface area is 481 Å². The fraction of sp³-hybridized carbons (Fsp3) is 0.617. The molecule has 1 aromatic rings. The van der Waals surface area contributed by atoms with E-state index in [1.54, 1.807) is 0 Å². The predicted octanol–water partition coefficient (Wildman–Crippen LogP) is -10.7. The Hall–Kier alpha value is -9.42. The summed E-state index contributed by atoms with van der Waals surface area (Å²) in [6.45, 7) is -1.24. The average molecular weight is 1190 g/mol. The van der Waals surface area contributed by atoms with E-state index in [-0.39, 0.29) is 114 Å². The van der Waals surface area contributed by atoms with E-state index >= 15 is 0 Å². The van der Waals surface area contributed by atoms with Crippen LogP contribution in [-0.2, 0) is 64.0 Å². The van der Waals surface area contributed by atoms with Gasteiger partial charge in [0.1, 0.15) is 54.4 Å². The van der Waals surface area contributed by atoms with Crippen LogP contribution >= 0.6 is 0 Å². The van der Waals surface area contributed by atoms with E-state index in [1.165, 1.54) is 17.4 Å². The van der Waals surface area contributed by atoms with Crippen LogP contribution in [0.4, 0.5) is 0 Å². The number of carbonyl (C=O) groups excluding carboxylic acids is 11. The van der Waals surface area contributed by atoms with Crippen LogP contribution < -0.4 is 88.8 Å². The van der Waals surface area contributed by atoms with E-state index in [1.807, 2.05) is 0 Å². The topological polar surface area (TPSA) is 636 Å². The molecule has 0 saturated carbocycles. The first-order valence-electron chi connectivity index (χ1n) is 26.7. The molecular weight excluding hydrogens is 1110 g/mol. The second-order valence-corrected chi connectivity index (χ2v) is 19.6. The number of nitrogens with zero attached hydrogens (tertiary/aromatic N) is 6. The number of aromatic amines is 1. The molecule has 0 bridgehead atoms. The maximum absolute atomic E-state index is 14.3. The molecule has 0 unspecified atom stereocenters. The number of imidazole rings is 1. The minimum atomic E-state index is -1.94. The third kappa shape index (κ3) is 23.2. The van der Waals surface area contributed by atoms with Crippen molar-refractivity contribution in [2.75, 3.05) is 45.9 Å². The number of hydrogen-bond donors (Lipinski definition) is 19. The highest BCUT2D eigenvalue weighted by molar-refractivity contribution is 6.00.